The minimum Gasteiger partial charge on any atom is -0.480 e. The van der Waals surface area contributed by atoms with Gasteiger partial charge in [0.05, 0.1) is 6.04 Å². The number of carbonyl (C=O) groups is 3. The quantitative estimate of drug-likeness (QED) is 0.446. The number of hydrogen-bond acceptors (Lipinski definition) is 4. The van der Waals surface area contributed by atoms with Gasteiger partial charge >= 0.3 is 5.97 Å². The second-order valence-corrected chi connectivity index (χ2v) is 7.96. The van der Waals surface area contributed by atoms with Crippen molar-refractivity contribution >= 4 is 17.8 Å². The van der Waals surface area contributed by atoms with Crippen LogP contribution in [0.15, 0.2) is 0 Å². The van der Waals surface area contributed by atoms with Crippen LogP contribution in [0.1, 0.15) is 60.8 Å². The lowest BCUT2D eigenvalue weighted by Crippen LogP contribution is -2.55. The second-order valence-electron chi connectivity index (χ2n) is 7.96. The molecule has 7 heteroatoms. The normalized spacial score (nSPS) is 15.1. The van der Waals surface area contributed by atoms with Crippen LogP contribution in [-0.4, -0.2) is 41.0 Å². The Bertz CT molecular complexity index is 450. The molecule has 0 aromatic heterocycles. The van der Waals surface area contributed by atoms with E-state index in [1.165, 1.54) is 0 Å². The van der Waals surface area contributed by atoms with Crippen LogP contribution in [0.2, 0.25) is 0 Å². The van der Waals surface area contributed by atoms with Crippen LogP contribution in [0, 0.1) is 17.8 Å². The lowest BCUT2D eigenvalue weighted by atomic mass is 9.99. The smallest absolute Gasteiger partial charge is 0.326 e. The highest BCUT2D eigenvalue weighted by molar-refractivity contribution is 5.91. The molecule has 0 aliphatic heterocycles. The summed E-state index contributed by atoms with van der Waals surface area (Å²) in [5, 5.41) is 14.5. The third kappa shape index (κ3) is 10.1. The average Bonchev–Trinajstić information content (AvgIpc) is 2.43. The molecule has 0 radical (unpaired) electrons. The van der Waals surface area contributed by atoms with Gasteiger partial charge in [-0.1, -0.05) is 41.5 Å². The summed E-state index contributed by atoms with van der Waals surface area (Å²) in [7, 11) is 0. The molecule has 0 heterocycles. The van der Waals surface area contributed by atoms with Crippen LogP contribution in [0.25, 0.3) is 0 Å². The predicted octanol–water partition coefficient (Wildman–Crippen LogP) is 1.51. The number of carbonyl (C=O) groups excluding carboxylic acids is 2. The van der Waals surface area contributed by atoms with Crippen LogP contribution < -0.4 is 16.4 Å². The van der Waals surface area contributed by atoms with E-state index in [0.29, 0.717) is 19.3 Å². The maximum absolute atomic E-state index is 12.5. The topological polar surface area (TPSA) is 122 Å². The van der Waals surface area contributed by atoms with Crippen molar-refractivity contribution in [2.75, 3.05) is 0 Å². The summed E-state index contributed by atoms with van der Waals surface area (Å²) in [6, 6.07) is -2.45. The van der Waals surface area contributed by atoms with Gasteiger partial charge < -0.3 is 21.5 Å². The third-order valence-electron chi connectivity index (χ3n) is 3.72. The molecule has 0 aromatic carbocycles. The van der Waals surface area contributed by atoms with E-state index in [2.05, 4.69) is 10.6 Å². The van der Waals surface area contributed by atoms with E-state index >= 15 is 0 Å². The van der Waals surface area contributed by atoms with Gasteiger partial charge in [0.15, 0.2) is 0 Å². The number of nitrogens with two attached hydrogens (primary N) is 1. The summed E-state index contributed by atoms with van der Waals surface area (Å²) in [4.78, 5) is 36.1. The van der Waals surface area contributed by atoms with Crippen LogP contribution in [0.3, 0.4) is 0 Å². The lowest BCUT2D eigenvalue weighted by Gasteiger charge is -2.25. The van der Waals surface area contributed by atoms with Crippen molar-refractivity contribution in [1.82, 2.24) is 10.6 Å². The molecule has 3 atom stereocenters. The van der Waals surface area contributed by atoms with E-state index in [0.717, 1.165) is 0 Å². The lowest BCUT2D eigenvalue weighted by molar-refractivity contribution is -0.142. The molecule has 0 bridgehead atoms. The SMILES string of the molecule is CC(C)C[C@@H](N)C(=O)N[C@@H](CC(C)C)C(=O)N[C@H](CC(C)C)C(=O)O. The molecule has 0 rings (SSSR count). The second kappa shape index (κ2) is 11.1. The highest BCUT2D eigenvalue weighted by atomic mass is 16.4. The minimum atomic E-state index is -1.08. The van der Waals surface area contributed by atoms with Gasteiger partial charge in [-0.25, -0.2) is 4.79 Å². The Labute approximate surface area is 151 Å². The number of nitrogens with one attached hydrogen (secondary N) is 2. The van der Waals surface area contributed by atoms with Crippen molar-refractivity contribution < 1.29 is 19.5 Å². The fraction of sp³-hybridized carbons (Fsp3) is 0.833. The van der Waals surface area contributed by atoms with E-state index < -0.39 is 30.0 Å². The monoisotopic (exact) mass is 357 g/mol. The van der Waals surface area contributed by atoms with E-state index in [-0.39, 0.29) is 23.7 Å². The first-order valence-corrected chi connectivity index (χ1v) is 9.03. The Balaban J connectivity index is 5.02. The van der Waals surface area contributed by atoms with E-state index in [9.17, 15) is 19.5 Å². The molecular weight excluding hydrogens is 322 g/mol. The summed E-state index contributed by atoms with van der Waals surface area (Å²) in [6.07, 6.45) is 1.27. The number of carboxylic acids is 1. The zero-order valence-electron chi connectivity index (χ0n) is 16.3. The molecule has 0 saturated carbocycles. The zero-order chi connectivity index (χ0) is 19.7. The highest BCUT2D eigenvalue weighted by Crippen LogP contribution is 2.10. The number of hydrogen-bond donors (Lipinski definition) is 4. The van der Waals surface area contributed by atoms with E-state index in [1.807, 2.05) is 41.5 Å². The van der Waals surface area contributed by atoms with E-state index in [1.54, 1.807) is 0 Å². The van der Waals surface area contributed by atoms with Gasteiger partial charge in [0, 0.05) is 0 Å². The predicted molar refractivity (Wildman–Crippen MR) is 97.8 cm³/mol. The van der Waals surface area contributed by atoms with Crippen molar-refractivity contribution in [3.63, 3.8) is 0 Å². The number of carboxylic acid groups (broad SMARTS) is 1. The molecule has 5 N–H and O–H groups in total. The molecule has 7 nitrogen and oxygen atoms in total. The first-order chi connectivity index (χ1) is 11.4. The Kier molecular flexibility index (Phi) is 10.4. The third-order valence-corrected chi connectivity index (χ3v) is 3.72. The molecule has 2 amide bonds. The van der Waals surface area contributed by atoms with E-state index in [4.69, 9.17) is 5.73 Å². The van der Waals surface area contributed by atoms with Gasteiger partial charge in [-0.15, -0.1) is 0 Å². The molecule has 0 aliphatic carbocycles. The Morgan fingerprint density at radius 2 is 1.16 bits per heavy atom. The van der Waals surface area contributed by atoms with Gasteiger partial charge in [0.2, 0.25) is 11.8 Å². The van der Waals surface area contributed by atoms with Gasteiger partial charge in [0.25, 0.3) is 0 Å². The number of amides is 2. The summed E-state index contributed by atoms with van der Waals surface area (Å²) in [5.74, 6) is -1.39. The summed E-state index contributed by atoms with van der Waals surface area (Å²) in [6.45, 7) is 11.6. The standard InChI is InChI=1S/C18H35N3O4/c1-10(2)7-13(19)16(22)20-14(8-11(3)4)17(23)21-15(18(24)25)9-12(5)6/h10-15H,7-9,19H2,1-6H3,(H,20,22)(H,21,23)(H,24,25)/t13-,14+,15-/m1/s1. The van der Waals surface area contributed by atoms with Gasteiger partial charge in [-0.05, 0) is 37.0 Å². The van der Waals surface area contributed by atoms with Crippen molar-refractivity contribution in [1.29, 1.82) is 0 Å². The van der Waals surface area contributed by atoms with Gasteiger partial charge in [-0.2, -0.15) is 0 Å². The molecule has 0 spiro atoms. The maximum atomic E-state index is 12.5. The van der Waals surface area contributed by atoms with Gasteiger partial charge in [0.1, 0.15) is 12.1 Å². The first-order valence-electron chi connectivity index (χ1n) is 9.03. The molecule has 0 fully saturated rings. The summed E-state index contributed by atoms with van der Waals surface area (Å²) < 4.78 is 0. The van der Waals surface area contributed by atoms with Crippen LogP contribution in [0.5, 0.6) is 0 Å². The van der Waals surface area contributed by atoms with Crippen LogP contribution >= 0.6 is 0 Å². The number of rotatable bonds is 11. The Morgan fingerprint density at radius 3 is 1.56 bits per heavy atom. The molecule has 0 saturated heterocycles. The molecule has 146 valence electrons. The van der Waals surface area contributed by atoms with Crippen LogP contribution in [-0.2, 0) is 14.4 Å². The van der Waals surface area contributed by atoms with Crippen molar-refractivity contribution in [2.45, 2.75) is 78.9 Å². The van der Waals surface area contributed by atoms with Crippen molar-refractivity contribution in [3.05, 3.63) is 0 Å². The summed E-state index contributed by atoms with van der Waals surface area (Å²) in [5.41, 5.74) is 5.87. The summed E-state index contributed by atoms with van der Waals surface area (Å²) >= 11 is 0. The van der Waals surface area contributed by atoms with Crippen molar-refractivity contribution in [3.8, 4) is 0 Å². The fourth-order valence-electron chi connectivity index (χ4n) is 2.56. The minimum absolute atomic E-state index is 0.124. The zero-order valence-corrected chi connectivity index (χ0v) is 16.3. The number of aliphatic carboxylic acids is 1. The van der Waals surface area contributed by atoms with Gasteiger partial charge in [-0.3, -0.25) is 9.59 Å². The highest BCUT2D eigenvalue weighted by Gasteiger charge is 2.28. The molecule has 0 aliphatic rings. The molecular formula is C18H35N3O4. The molecule has 25 heavy (non-hydrogen) atoms. The molecule has 0 unspecified atom stereocenters. The van der Waals surface area contributed by atoms with Crippen LogP contribution in [0.4, 0.5) is 0 Å². The van der Waals surface area contributed by atoms with Crippen molar-refractivity contribution in [2.24, 2.45) is 23.5 Å². The maximum Gasteiger partial charge on any atom is 0.326 e. The fourth-order valence-corrected chi connectivity index (χ4v) is 2.56. The average molecular weight is 357 g/mol. The Hall–Kier alpha value is -1.63. The molecule has 0 aromatic rings. The first kappa shape index (κ1) is 23.4. The largest absolute Gasteiger partial charge is 0.480 e. The Morgan fingerprint density at radius 1 is 0.760 bits per heavy atom.